The highest BCUT2D eigenvalue weighted by Gasteiger charge is 2.28. The van der Waals surface area contributed by atoms with Crippen LogP contribution >= 0.6 is 0 Å². The second-order valence-corrected chi connectivity index (χ2v) is 6.37. The second-order valence-electron chi connectivity index (χ2n) is 4.32. The molecular formula is C9H21N3O2S. The van der Waals surface area contributed by atoms with Gasteiger partial charge in [0, 0.05) is 19.1 Å². The van der Waals surface area contributed by atoms with Crippen LogP contribution in [0, 0.1) is 0 Å². The van der Waals surface area contributed by atoms with E-state index in [9.17, 15) is 8.42 Å². The topological polar surface area (TPSA) is 61.4 Å². The molecule has 1 saturated heterocycles. The van der Waals surface area contributed by atoms with E-state index in [1.807, 2.05) is 25.9 Å². The Hall–Kier alpha value is -0.170. The van der Waals surface area contributed by atoms with Gasteiger partial charge in [0.15, 0.2) is 0 Å². The minimum atomic E-state index is -3.13. The Bertz CT molecular complexity index is 284. The average Bonchev–Trinajstić information content (AvgIpc) is 2.67. The normalized spacial score (nSPS) is 24.7. The zero-order valence-electron chi connectivity index (χ0n) is 9.66. The van der Waals surface area contributed by atoms with Crippen molar-refractivity contribution >= 4 is 10.0 Å². The molecule has 0 aliphatic carbocycles. The SMILES string of the molecule is CC(CNS(=O)(=O)C1CCNC1)N(C)C. The molecule has 15 heavy (non-hydrogen) atoms. The molecule has 1 aliphatic heterocycles. The fourth-order valence-electron chi connectivity index (χ4n) is 1.43. The molecule has 1 rings (SSSR count). The highest BCUT2D eigenvalue weighted by atomic mass is 32.2. The minimum Gasteiger partial charge on any atom is -0.315 e. The molecule has 0 aromatic rings. The summed E-state index contributed by atoms with van der Waals surface area (Å²) in [6.07, 6.45) is 0.714. The summed E-state index contributed by atoms with van der Waals surface area (Å²) in [7, 11) is 0.753. The van der Waals surface area contributed by atoms with Gasteiger partial charge in [0.05, 0.1) is 5.25 Å². The van der Waals surface area contributed by atoms with Crippen molar-refractivity contribution < 1.29 is 8.42 Å². The molecule has 1 aliphatic rings. The zero-order valence-corrected chi connectivity index (χ0v) is 10.5. The molecule has 6 heteroatoms. The maximum atomic E-state index is 11.8. The molecule has 0 amide bonds. The standard InChI is InChI=1S/C9H21N3O2S/c1-8(12(2)3)6-11-15(13,14)9-4-5-10-7-9/h8-11H,4-7H2,1-3H3. The highest BCUT2D eigenvalue weighted by Crippen LogP contribution is 2.08. The lowest BCUT2D eigenvalue weighted by molar-refractivity contribution is 0.313. The number of sulfonamides is 1. The van der Waals surface area contributed by atoms with Crippen molar-refractivity contribution in [2.75, 3.05) is 33.7 Å². The van der Waals surface area contributed by atoms with Crippen molar-refractivity contribution in [3.63, 3.8) is 0 Å². The van der Waals surface area contributed by atoms with Gasteiger partial charge in [0.25, 0.3) is 0 Å². The summed E-state index contributed by atoms with van der Waals surface area (Å²) in [6.45, 7) is 3.85. The van der Waals surface area contributed by atoms with Gasteiger partial charge < -0.3 is 10.2 Å². The molecule has 0 saturated carbocycles. The molecule has 0 aromatic carbocycles. The molecule has 2 atom stereocenters. The fraction of sp³-hybridized carbons (Fsp3) is 1.00. The van der Waals surface area contributed by atoms with Crippen LogP contribution in [0.5, 0.6) is 0 Å². The van der Waals surface area contributed by atoms with Gasteiger partial charge in [-0.15, -0.1) is 0 Å². The van der Waals surface area contributed by atoms with Crippen LogP contribution in [0.1, 0.15) is 13.3 Å². The van der Waals surface area contributed by atoms with Gasteiger partial charge in [-0.3, -0.25) is 0 Å². The van der Waals surface area contributed by atoms with E-state index in [2.05, 4.69) is 10.0 Å². The van der Waals surface area contributed by atoms with E-state index in [-0.39, 0.29) is 11.3 Å². The van der Waals surface area contributed by atoms with Crippen LogP contribution in [0.25, 0.3) is 0 Å². The Labute approximate surface area is 92.3 Å². The minimum absolute atomic E-state index is 0.217. The predicted octanol–water partition coefficient (Wildman–Crippen LogP) is -0.782. The van der Waals surface area contributed by atoms with E-state index in [1.54, 1.807) is 0 Å². The average molecular weight is 235 g/mol. The molecule has 0 aromatic heterocycles. The van der Waals surface area contributed by atoms with Crippen molar-refractivity contribution in [3.05, 3.63) is 0 Å². The maximum Gasteiger partial charge on any atom is 0.215 e. The molecule has 90 valence electrons. The van der Waals surface area contributed by atoms with E-state index in [0.29, 0.717) is 19.5 Å². The monoisotopic (exact) mass is 235 g/mol. The number of nitrogens with zero attached hydrogens (tertiary/aromatic N) is 1. The summed E-state index contributed by atoms with van der Waals surface area (Å²) in [5.41, 5.74) is 0. The molecular weight excluding hydrogens is 214 g/mol. The van der Waals surface area contributed by atoms with E-state index >= 15 is 0 Å². The molecule has 0 bridgehead atoms. The van der Waals surface area contributed by atoms with Crippen molar-refractivity contribution in [3.8, 4) is 0 Å². The lowest BCUT2D eigenvalue weighted by Crippen LogP contribution is -2.42. The third-order valence-corrected chi connectivity index (χ3v) is 4.76. The van der Waals surface area contributed by atoms with Crippen molar-refractivity contribution in [1.82, 2.24) is 14.9 Å². The lowest BCUT2D eigenvalue weighted by atomic mass is 10.3. The Morgan fingerprint density at radius 1 is 1.53 bits per heavy atom. The van der Waals surface area contributed by atoms with Gasteiger partial charge in [-0.05, 0) is 34.0 Å². The van der Waals surface area contributed by atoms with E-state index < -0.39 is 10.0 Å². The lowest BCUT2D eigenvalue weighted by Gasteiger charge is -2.21. The van der Waals surface area contributed by atoms with Crippen molar-refractivity contribution in [2.24, 2.45) is 0 Å². The van der Waals surface area contributed by atoms with Gasteiger partial charge in [0.2, 0.25) is 10.0 Å². The number of likely N-dealkylation sites (N-methyl/N-ethyl adjacent to an activating group) is 1. The first kappa shape index (κ1) is 12.9. The Kier molecular flexibility index (Phi) is 4.51. The Morgan fingerprint density at radius 3 is 2.67 bits per heavy atom. The first-order chi connectivity index (χ1) is 6.93. The third kappa shape index (κ3) is 3.71. The largest absolute Gasteiger partial charge is 0.315 e. The van der Waals surface area contributed by atoms with Gasteiger partial charge in [0.1, 0.15) is 0 Å². The molecule has 0 radical (unpaired) electrons. The van der Waals surface area contributed by atoms with Gasteiger partial charge in [-0.2, -0.15) is 0 Å². The van der Waals surface area contributed by atoms with Crippen molar-refractivity contribution in [2.45, 2.75) is 24.6 Å². The van der Waals surface area contributed by atoms with Crippen LogP contribution in [0.2, 0.25) is 0 Å². The van der Waals surface area contributed by atoms with E-state index in [4.69, 9.17) is 0 Å². The van der Waals surface area contributed by atoms with E-state index in [1.165, 1.54) is 0 Å². The zero-order chi connectivity index (χ0) is 11.5. The smallest absolute Gasteiger partial charge is 0.215 e. The van der Waals surface area contributed by atoms with E-state index in [0.717, 1.165) is 6.54 Å². The summed E-state index contributed by atoms with van der Waals surface area (Å²) in [5, 5.41) is 2.80. The van der Waals surface area contributed by atoms with Crippen LogP contribution in [0.15, 0.2) is 0 Å². The number of nitrogens with one attached hydrogen (secondary N) is 2. The molecule has 2 N–H and O–H groups in total. The molecule has 1 fully saturated rings. The van der Waals surface area contributed by atoms with Crippen LogP contribution in [-0.2, 0) is 10.0 Å². The summed E-state index contributed by atoms with van der Waals surface area (Å²) < 4.78 is 26.3. The van der Waals surface area contributed by atoms with Crippen LogP contribution < -0.4 is 10.0 Å². The highest BCUT2D eigenvalue weighted by molar-refractivity contribution is 7.90. The van der Waals surface area contributed by atoms with Crippen LogP contribution in [0.3, 0.4) is 0 Å². The third-order valence-electron chi connectivity index (χ3n) is 2.92. The van der Waals surface area contributed by atoms with Crippen LogP contribution in [0.4, 0.5) is 0 Å². The number of hydrogen-bond donors (Lipinski definition) is 2. The Balaban J connectivity index is 2.42. The summed E-state index contributed by atoms with van der Waals surface area (Å²) in [6, 6.07) is 0.217. The molecule has 5 nitrogen and oxygen atoms in total. The maximum absolute atomic E-state index is 11.8. The van der Waals surface area contributed by atoms with Gasteiger partial charge >= 0.3 is 0 Å². The van der Waals surface area contributed by atoms with Gasteiger partial charge in [-0.25, -0.2) is 13.1 Å². The number of hydrogen-bond acceptors (Lipinski definition) is 4. The first-order valence-corrected chi connectivity index (χ1v) is 6.83. The Morgan fingerprint density at radius 2 is 2.20 bits per heavy atom. The summed E-state index contributed by atoms with van der Waals surface area (Å²) in [5.74, 6) is 0. The molecule has 0 spiro atoms. The molecule has 2 unspecified atom stereocenters. The number of rotatable bonds is 5. The molecule has 1 heterocycles. The fourth-order valence-corrected chi connectivity index (χ4v) is 2.90. The summed E-state index contributed by atoms with van der Waals surface area (Å²) in [4.78, 5) is 2.00. The van der Waals surface area contributed by atoms with Gasteiger partial charge in [-0.1, -0.05) is 0 Å². The predicted molar refractivity (Wildman–Crippen MR) is 61.3 cm³/mol. The summed E-state index contributed by atoms with van der Waals surface area (Å²) >= 11 is 0. The quantitative estimate of drug-likeness (QED) is 0.656. The second kappa shape index (κ2) is 5.25. The first-order valence-electron chi connectivity index (χ1n) is 5.29. The van der Waals surface area contributed by atoms with Crippen molar-refractivity contribution in [1.29, 1.82) is 0 Å². The van der Waals surface area contributed by atoms with Crippen LogP contribution in [-0.4, -0.2) is 58.3 Å².